The molecule has 1 saturated heterocycles. The molecule has 3 aliphatic rings. The van der Waals surface area contributed by atoms with E-state index in [1.54, 1.807) is 0 Å². The fraction of sp³-hybridized carbons (Fsp3) is 0.750. The minimum atomic E-state index is -0.729. The molecule has 26 heavy (non-hydrogen) atoms. The molecule has 3 amide bonds. The summed E-state index contributed by atoms with van der Waals surface area (Å²) in [7, 11) is 0. The third-order valence-electron chi connectivity index (χ3n) is 5.89. The van der Waals surface area contributed by atoms with Crippen LogP contribution in [-0.4, -0.2) is 45.9 Å². The van der Waals surface area contributed by atoms with Crippen molar-refractivity contribution in [1.29, 1.82) is 0 Å². The second-order valence-electron chi connectivity index (χ2n) is 8.36. The molecule has 6 heteroatoms. The first-order chi connectivity index (χ1) is 12.4. The van der Waals surface area contributed by atoms with Crippen LogP contribution in [0.25, 0.3) is 0 Å². The second kappa shape index (κ2) is 7.91. The second-order valence-corrected chi connectivity index (χ2v) is 8.36. The summed E-state index contributed by atoms with van der Waals surface area (Å²) >= 11 is 0. The first-order valence-corrected chi connectivity index (χ1v) is 9.88. The van der Waals surface area contributed by atoms with E-state index in [0.29, 0.717) is 32.1 Å². The molecule has 2 fully saturated rings. The summed E-state index contributed by atoms with van der Waals surface area (Å²) in [6.07, 6.45) is 8.11. The SMILES string of the molecule is CC(C)CC(C(=O)NC1CCC(O)CC1)N1C(=O)C2CC=CCC2C1=O. The van der Waals surface area contributed by atoms with Crippen molar-refractivity contribution in [2.75, 3.05) is 0 Å². The van der Waals surface area contributed by atoms with Crippen molar-refractivity contribution in [2.24, 2.45) is 17.8 Å². The van der Waals surface area contributed by atoms with Gasteiger partial charge in [0.05, 0.1) is 17.9 Å². The highest BCUT2D eigenvalue weighted by Gasteiger charge is 2.51. The number of carbonyl (C=O) groups is 3. The Bertz CT molecular complexity index is 567. The molecule has 0 radical (unpaired) electrons. The largest absolute Gasteiger partial charge is 0.393 e. The van der Waals surface area contributed by atoms with Gasteiger partial charge in [0.25, 0.3) is 0 Å². The highest BCUT2D eigenvalue weighted by atomic mass is 16.3. The van der Waals surface area contributed by atoms with Gasteiger partial charge in [-0.3, -0.25) is 19.3 Å². The van der Waals surface area contributed by atoms with E-state index in [1.807, 2.05) is 26.0 Å². The normalized spacial score (nSPS) is 32.7. The smallest absolute Gasteiger partial charge is 0.243 e. The lowest BCUT2D eigenvalue weighted by molar-refractivity contribution is -0.148. The van der Waals surface area contributed by atoms with Crippen molar-refractivity contribution < 1.29 is 19.5 Å². The van der Waals surface area contributed by atoms with Gasteiger partial charge < -0.3 is 10.4 Å². The van der Waals surface area contributed by atoms with Crippen molar-refractivity contribution in [3.63, 3.8) is 0 Å². The third-order valence-corrected chi connectivity index (χ3v) is 5.89. The van der Waals surface area contributed by atoms with Crippen LogP contribution in [0.2, 0.25) is 0 Å². The molecule has 0 bridgehead atoms. The summed E-state index contributed by atoms with van der Waals surface area (Å²) in [5.74, 6) is -1.03. The van der Waals surface area contributed by atoms with Crippen molar-refractivity contribution in [2.45, 2.75) is 77.0 Å². The molecular formula is C20H30N2O4. The molecule has 1 heterocycles. The Labute approximate surface area is 155 Å². The topological polar surface area (TPSA) is 86.7 Å². The van der Waals surface area contributed by atoms with Crippen LogP contribution in [0.5, 0.6) is 0 Å². The van der Waals surface area contributed by atoms with Crippen molar-refractivity contribution in [3.8, 4) is 0 Å². The van der Waals surface area contributed by atoms with Crippen molar-refractivity contribution in [1.82, 2.24) is 10.2 Å². The predicted octanol–water partition coefficient (Wildman–Crippen LogP) is 1.77. The number of hydrogen-bond donors (Lipinski definition) is 2. The fourth-order valence-electron chi connectivity index (χ4n) is 4.43. The molecule has 1 saturated carbocycles. The first-order valence-electron chi connectivity index (χ1n) is 9.88. The van der Waals surface area contributed by atoms with Crippen LogP contribution in [-0.2, 0) is 14.4 Å². The molecule has 6 nitrogen and oxygen atoms in total. The van der Waals surface area contributed by atoms with Crippen LogP contribution in [0.1, 0.15) is 58.8 Å². The number of carbonyl (C=O) groups excluding carboxylic acids is 3. The molecule has 0 aromatic rings. The maximum atomic E-state index is 13.0. The molecule has 144 valence electrons. The van der Waals surface area contributed by atoms with Gasteiger partial charge in [0, 0.05) is 6.04 Å². The van der Waals surface area contributed by atoms with Crippen LogP contribution >= 0.6 is 0 Å². The Hall–Kier alpha value is -1.69. The van der Waals surface area contributed by atoms with Crippen molar-refractivity contribution >= 4 is 17.7 Å². The van der Waals surface area contributed by atoms with Gasteiger partial charge in [0.1, 0.15) is 6.04 Å². The Balaban J connectivity index is 1.74. The highest BCUT2D eigenvalue weighted by Crippen LogP contribution is 2.37. The van der Waals surface area contributed by atoms with Gasteiger partial charge in [-0.25, -0.2) is 0 Å². The number of aliphatic hydroxyl groups is 1. The lowest BCUT2D eigenvalue weighted by Gasteiger charge is -2.31. The maximum absolute atomic E-state index is 13.0. The molecule has 2 N–H and O–H groups in total. The summed E-state index contributed by atoms with van der Waals surface area (Å²) in [6, 6.07) is -0.718. The van der Waals surface area contributed by atoms with E-state index in [0.717, 1.165) is 12.8 Å². The van der Waals surface area contributed by atoms with Crippen LogP contribution in [0.4, 0.5) is 0 Å². The monoisotopic (exact) mass is 362 g/mol. The van der Waals surface area contributed by atoms with E-state index in [-0.39, 0.29) is 47.6 Å². The Morgan fingerprint density at radius 3 is 2.15 bits per heavy atom. The summed E-state index contributed by atoms with van der Waals surface area (Å²) in [5.41, 5.74) is 0. The van der Waals surface area contributed by atoms with Gasteiger partial charge in [0.15, 0.2) is 0 Å². The number of aliphatic hydroxyl groups excluding tert-OH is 1. The van der Waals surface area contributed by atoms with Gasteiger partial charge >= 0.3 is 0 Å². The van der Waals surface area contributed by atoms with E-state index < -0.39 is 6.04 Å². The number of likely N-dealkylation sites (tertiary alicyclic amines) is 1. The number of hydrogen-bond acceptors (Lipinski definition) is 4. The number of amides is 3. The standard InChI is InChI=1S/C20H30N2O4/c1-12(2)11-17(18(24)21-13-7-9-14(23)10-8-13)22-19(25)15-5-3-4-6-16(15)20(22)26/h3-4,12-17,23H,5-11H2,1-2H3,(H,21,24). The summed E-state index contributed by atoms with van der Waals surface area (Å²) in [5, 5.41) is 12.7. The first kappa shape index (κ1) is 19.1. The average molecular weight is 362 g/mol. The van der Waals surface area contributed by atoms with Gasteiger partial charge in [0.2, 0.25) is 17.7 Å². The zero-order valence-electron chi connectivity index (χ0n) is 15.7. The lowest BCUT2D eigenvalue weighted by atomic mass is 9.85. The Kier molecular flexibility index (Phi) is 5.80. The molecule has 1 aliphatic heterocycles. The maximum Gasteiger partial charge on any atom is 0.243 e. The summed E-state index contributed by atoms with van der Waals surface area (Å²) < 4.78 is 0. The Morgan fingerprint density at radius 1 is 1.12 bits per heavy atom. The van der Waals surface area contributed by atoms with E-state index in [2.05, 4.69) is 5.32 Å². The van der Waals surface area contributed by atoms with Crippen LogP contribution in [0.3, 0.4) is 0 Å². The zero-order chi connectivity index (χ0) is 18.8. The van der Waals surface area contributed by atoms with Crippen LogP contribution < -0.4 is 5.32 Å². The molecular weight excluding hydrogens is 332 g/mol. The zero-order valence-corrected chi connectivity index (χ0v) is 15.7. The van der Waals surface area contributed by atoms with Gasteiger partial charge in [-0.2, -0.15) is 0 Å². The molecule has 3 unspecified atom stereocenters. The minimum absolute atomic E-state index is 0.0114. The number of allylic oxidation sites excluding steroid dienone is 2. The van der Waals surface area contributed by atoms with Gasteiger partial charge in [-0.15, -0.1) is 0 Å². The van der Waals surface area contributed by atoms with E-state index in [4.69, 9.17) is 0 Å². The van der Waals surface area contributed by atoms with Gasteiger partial charge in [-0.1, -0.05) is 26.0 Å². The molecule has 0 aromatic heterocycles. The third kappa shape index (κ3) is 3.85. The number of rotatable bonds is 5. The van der Waals surface area contributed by atoms with Gasteiger partial charge in [-0.05, 0) is 50.9 Å². The highest BCUT2D eigenvalue weighted by molar-refractivity contribution is 6.08. The summed E-state index contributed by atoms with van der Waals surface area (Å²) in [6.45, 7) is 3.99. The van der Waals surface area contributed by atoms with E-state index in [9.17, 15) is 19.5 Å². The van der Waals surface area contributed by atoms with Crippen molar-refractivity contribution in [3.05, 3.63) is 12.2 Å². The molecule has 3 rings (SSSR count). The van der Waals surface area contributed by atoms with E-state index in [1.165, 1.54) is 4.90 Å². The van der Waals surface area contributed by atoms with Crippen LogP contribution in [0, 0.1) is 17.8 Å². The Morgan fingerprint density at radius 2 is 1.65 bits per heavy atom. The minimum Gasteiger partial charge on any atom is -0.393 e. The predicted molar refractivity (Wildman–Crippen MR) is 96.9 cm³/mol. The number of nitrogens with zero attached hydrogens (tertiary/aromatic N) is 1. The average Bonchev–Trinajstić information content (AvgIpc) is 2.86. The quantitative estimate of drug-likeness (QED) is 0.576. The number of imide groups is 1. The molecule has 2 aliphatic carbocycles. The van der Waals surface area contributed by atoms with E-state index >= 15 is 0 Å². The summed E-state index contributed by atoms with van der Waals surface area (Å²) in [4.78, 5) is 40.0. The van der Waals surface area contributed by atoms with Crippen LogP contribution in [0.15, 0.2) is 12.2 Å². The number of nitrogens with one attached hydrogen (secondary N) is 1. The molecule has 3 atom stereocenters. The molecule has 0 spiro atoms. The fourth-order valence-corrected chi connectivity index (χ4v) is 4.43. The molecule has 0 aromatic carbocycles. The number of fused-ring (bicyclic) bond motifs is 1. The lowest BCUT2D eigenvalue weighted by Crippen LogP contribution is -2.53.